The lowest BCUT2D eigenvalue weighted by molar-refractivity contribution is 0.0600. The number of fused-ring (bicyclic) bond motifs is 1. The summed E-state index contributed by atoms with van der Waals surface area (Å²) in [6.07, 6.45) is 0.668. The summed E-state index contributed by atoms with van der Waals surface area (Å²) in [5, 5.41) is 3.01. The van der Waals surface area contributed by atoms with E-state index in [1.54, 1.807) is 43.4 Å². The molecule has 0 aliphatic carbocycles. The standard InChI is InChI=1S/C28H30N2O6/c1-18-6-5-7-21(14-18)29-28(32)30-13-12-20-15-25(33-2)26(34-3)16-23(20)24(30)17-36-22-10-8-19(9-11-22)27(31)35-4/h5-11,14-16,24H,12-13,17H2,1-4H3,(H,29,32)/t24-/m0/s1. The maximum absolute atomic E-state index is 13.4. The summed E-state index contributed by atoms with van der Waals surface area (Å²) in [6.45, 7) is 2.70. The number of urea groups is 1. The fraction of sp³-hybridized carbons (Fsp3) is 0.286. The molecule has 1 aliphatic heterocycles. The number of nitrogens with zero attached hydrogens (tertiary/aromatic N) is 1. The molecule has 0 spiro atoms. The van der Waals surface area contributed by atoms with Crippen molar-refractivity contribution in [2.75, 3.05) is 39.8 Å². The van der Waals surface area contributed by atoms with Crippen LogP contribution in [-0.4, -0.2) is 51.4 Å². The lowest BCUT2D eigenvalue weighted by Gasteiger charge is -2.37. The van der Waals surface area contributed by atoms with Crippen molar-refractivity contribution in [1.82, 2.24) is 4.90 Å². The Hall–Kier alpha value is -4.20. The highest BCUT2D eigenvalue weighted by Crippen LogP contribution is 2.38. The van der Waals surface area contributed by atoms with Gasteiger partial charge in [-0.2, -0.15) is 0 Å². The zero-order chi connectivity index (χ0) is 25.7. The molecular weight excluding hydrogens is 460 g/mol. The van der Waals surface area contributed by atoms with Gasteiger partial charge in [0.15, 0.2) is 11.5 Å². The number of carbonyl (C=O) groups excluding carboxylic acids is 2. The molecule has 2 amide bonds. The molecule has 0 bridgehead atoms. The van der Waals surface area contributed by atoms with Crippen LogP contribution >= 0.6 is 0 Å². The largest absolute Gasteiger partial charge is 0.493 e. The van der Waals surface area contributed by atoms with Crippen LogP contribution < -0.4 is 19.5 Å². The summed E-state index contributed by atoms with van der Waals surface area (Å²) < 4.78 is 21.9. The quantitative estimate of drug-likeness (QED) is 0.469. The Morgan fingerprint density at radius 1 is 0.972 bits per heavy atom. The minimum Gasteiger partial charge on any atom is -0.493 e. The second-order valence-corrected chi connectivity index (χ2v) is 8.49. The number of esters is 1. The second-order valence-electron chi connectivity index (χ2n) is 8.49. The molecule has 0 aromatic heterocycles. The summed E-state index contributed by atoms with van der Waals surface area (Å²) in [6, 6.07) is 17.7. The number of ether oxygens (including phenoxy) is 4. The van der Waals surface area contributed by atoms with Gasteiger partial charge in [0, 0.05) is 12.2 Å². The Labute approximate surface area is 210 Å². The van der Waals surface area contributed by atoms with Gasteiger partial charge in [0.2, 0.25) is 0 Å². The van der Waals surface area contributed by atoms with Gasteiger partial charge in [-0.25, -0.2) is 9.59 Å². The van der Waals surface area contributed by atoms with Crippen LogP contribution in [0.25, 0.3) is 0 Å². The lowest BCUT2D eigenvalue weighted by atomic mass is 9.92. The molecule has 1 N–H and O–H groups in total. The van der Waals surface area contributed by atoms with Crippen LogP contribution in [0.15, 0.2) is 60.7 Å². The first-order chi connectivity index (χ1) is 17.4. The highest BCUT2D eigenvalue weighted by atomic mass is 16.5. The zero-order valence-electron chi connectivity index (χ0n) is 20.9. The monoisotopic (exact) mass is 490 g/mol. The predicted octanol–water partition coefficient (Wildman–Crippen LogP) is 5.01. The minimum absolute atomic E-state index is 0.210. The van der Waals surface area contributed by atoms with Crippen molar-refractivity contribution in [1.29, 1.82) is 0 Å². The van der Waals surface area contributed by atoms with Gasteiger partial charge in [0.05, 0.1) is 32.9 Å². The first-order valence-electron chi connectivity index (χ1n) is 11.6. The molecule has 1 atom stereocenters. The molecule has 3 aromatic carbocycles. The minimum atomic E-state index is -0.414. The summed E-state index contributed by atoms with van der Waals surface area (Å²) in [5.74, 6) is 1.40. The van der Waals surface area contributed by atoms with E-state index in [1.807, 2.05) is 43.3 Å². The molecule has 0 radical (unpaired) electrons. The molecule has 36 heavy (non-hydrogen) atoms. The first-order valence-corrected chi connectivity index (χ1v) is 11.6. The number of methoxy groups -OCH3 is 3. The van der Waals surface area contributed by atoms with E-state index in [4.69, 9.17) is 18.9 Å². The Balaban J connectivity index is 1.62. The molecule has 188 valence electrons. The van der Waals surface area contributed by atoms with Crippen LogP contribution in [0.3, 0.4) is 0 Å². The Morgan fingerprint density at radius 2 is 1.69 bits per heavy atom. The molecule has 4 rings (SSSR count). The Kier molecular flexibility index (Phi) is 7.63. The molecule has 0 saturated carbocycles. The fourth-order valence-electron chi connectivity index (χ4n) is 4.35. The number of benzene rings is 3. The highest BCUT2D eigenvalue weighted by molar-refractivity contribution is 5.90. The van der Waals surface area contributed by atoms with Gasteiger partial charge in [-0.05, 0) is 78.6 Å². The fourth-order valence-corrected chi connectivity index (χ4v) is 4.35. The van der Waals surface area contributed by atoms with Crippen LogP contribution in [0, 0.1) is 6.92 Å². The number of aryl methyl sites for hydroxylation is 1. The number of carbonyl (C=O) groups is 2. The van der Waals surface area contributed by atoms with Crippen molar-refractivity contribution in [2.45, 2.75) is 19.4 Å². The highest BCUT2D eigenvalue weighted by Gasteiger charge is 2.33. The maximum Gasteiger partial charge on any atom is 0.337 e. The summed E-state index contributed by atoms with van der Waals surface area (Å²) in [5.41, 5.74) is 4.23. The van der Waals surface area contributed by atoms with E-state index in [9.17, 15) is 9.59 Å². The van der Waals surface area contributed by atoms with Crippen LogP contribution in [0.2, 0.25) is 0 Å². The smallest absolute Gasteiger partial charge is 0.337 e. The molecule has 1 heterocycles. The van der Waals surface area contributed by atoms with Crippen molar-refractivity contribution in [3.8, 4) is 17.2 Å². The van der Waals surface area contributed by atoms with E-state index < -0.39 is 5.97 Å². The Bertz CT molecular complexity index is 1240. The van der Waals surface area contributed by atoms with E-state index in [-0.39, 0.29) is 18.7 Å². The van der Waals surface area contributed by atoms with Gasteiger partial charge >= 0.3 is 12.0 Å². The molecule has 0 saturated heterocycles. The molecule has 8 heteroatoms. The summed E-state index contributed by atoms with van der Waals surface area (Å²) in [4.78, 5) is 26.9. The average molecular weight is 491 g/mol. The number of amides is 2. The number of hydrogen-bond acceptors (Lipinski definition) is 6. The summed E-state index contributed by atoms with van der Waals surface area (Å²) in [7, 11) is 4.53. The van der Waals surface area contributed by atoms with Crippen LogP contribution in [0.4, 0.5) is 10.5 Å². The predicted molar refractivity (Wildman–Crippen MR) is 136 cm³/mol. The third-order valence-electron chi connectivity index (χ3n) is 6.22. The van der Waals surface area contributed by atoms with Gasteiger partial charge in [-0.1, -0.05) is 12.1 Å². The van der Waals surface area contributed by atoms with Gasteiger partial charge in [-0.3, -0.25) is 0 Å². The number of rotatable bonds is 7. The first kappa shape index (κ1) is 24.9. The topological polar surface area (TPSA) is 86.3 Å². The molecule has 1 aliphatic rings. The lowest BCUT2D eigenvalue weighted by Crippen LogP contribution is -2.44. The van der Waals surface area contributed by atoms with E-state index in [0.29, 0.717) is 35.8 Å². The normalized spacial score (nSPS) is 14.4. The van der Waals surface area contributed by atoms with Crippen molar-refractivity contribution in [2.24, 2.45) is 0 Å². The second kappa shape index (κ2) is 11.0. The molecule has 0 unspecified atom stereocenters. The molecule has 3 aromatic rings. The van der Waals surface area contributed by atoms with E-state index >= 15 is 0 Å². The summed E-state index contributed by atoms with van der Waals surface area (Å²) >= 11 is 0. The SMILES string of the molecule is COC(=O)c1ccc(OC[C@H]2c3cc(OC)c(OC)cc3CCN2C(=O)Nc2cccc(C)c2)cc1. The third kappa shape index (κ3) is 5.38. The van der Waals surface area contributed by atoms with Gasteiger partial charge < -0.3 is 29.2 Å². The van der Waals surface area contributed by atoms with E-state index in [1.165, 1.54) is 7.11 Å². The van der Waals surface area contributed by atoms with Crippen LogP contribution in [-0.2, 0) is 11.2 Å². The van der Waals surface area contributed by atoms with Gasteiger partial charge in [0.25, 0.3) is 0 Å². The van der Waals surface area contributed by atoms with E-state index in [2.05, 4.69) is 5.32 Å². The van der Waals surface area contributed by atoms with Crippen molar-refractivity contribution in [3.05, 3.63) is 82.9 Å². The van der Waals surface area contributed by atoms with Crippen molar-refractivity contribution in [3.63, 3.8) is 0 Å². The zero-order valence-corrected chi connectivity index (χ0v) is 20.9. The van der Waals surface area contributed by atoms with E-state index in [0.717, 1.165) is 22.4 Å². The maximum atomic E-state index is 13.4. The average Bonchev–Trinajstić information content (AvgIpc) is 2.90. The third-order valence-corrected chi connectivity index (χ3v) is 6.22. The van der Waals surface area contributed by atoms with Crippen molar-refractivity contribution >= 4 is 17.7 Å². The van der Waals surface area contributed by atoms with Gasteiger partial charge in [0.1, 0.15) is 12.4 Å². The molecule has 0 fully saturated rings. The van der Waals surface area contributed by atoms with Gasteiger partial charge in [-0.15, -0.1) is 0 Å². The van der Waals surface area contributed by atoms with Crippen LogP contribution in [0.1, 0.15) is 33.1 Å². The number of hydrogen-bond donors (Lipinski definition) is 1. The number of anilines is 1. The Morgan fingerprint density at radius 3 is 2.36 bits per heavy atom. The van der Waals surface area contributed by atoms with Crippen molar-refractivity contribution < 1.29 is 28.5 Å². The number of nitrogens with one attached hydrogen (secondary N) is 1. The molecular formula is C28H30N2O6. The molecule has 8 nitrogen and oxygen atoms in total. The van der Waals surface area contributed by atoms with Crippen LogP contribution in [0.5, 0.6) is 17.2 Å².